The minimum absolute atomic E-state index is 0.537. The highest BCUT2D eigenvalue weighted by molar-refractivity contribution is 5.33. The molecule has 0 amide bonds. The predicted molar refractivity (Wildman–Crippen MR) is 32.0 cm³/mol. The lowest BCUT2D eigenvalue weighted by molar-refractivity contribution is -0.137. The van der Waals surface area contributed by atoms with E-state index < -0.39 is 11.7 Å². The fourth-order valence-electron chi connectivity index (χ4n) is 1.09. The highest BCUT2D eigenvalue weighted by Gasteiger charge is 2.33. The Morgan fingerprint density at radius 1 is 1.18 bits per heavy atom. The molecule has 11 heavy (non-hydrogen) atoms. The highest BCUT2D eigenvalue weighted by Crippen LogP contribution is 2.32. The van der Waals surface area contributed by atoms with E-state index in [1.54, 1.807) is 0 Å². The standard InChI is InChI=1S/C7H4F3N/c8-7(9,10)4-1-5-3-6(2-4)11-5/h1-2H,3H2. The van der Waals surface area contributed by atoms with Crippen molar-refractivity contribution < 1.29 is 13.2 Å². The van der Waals surface area contributed by atoms with Crippen molar-refractivity contribution in [2.24, 2.45) is 0 Å². The van der Waals surface area contributed by atoms with E-state index in [9.17, 15) is 13.2 Å². The second kappa shape index (κ2) is 1.75. The molecule has 0 fully saturated rings. The lowest BCUT2D eigenvalue weighted by Gasteiger charge is -2.16. The van der Waals surface area contributed by atoms with Crippen LogP contribution in [-0.4, -0.2) is 4.98 Å². The number of halogens is 3. The maximum absolute atomic E-state index is 12.0. The van der Waals surface area contributed by atoms with Crippen LogP contribution in [0.15, 0.2) is 12.1 Å². The maximum Gasteiger partial charge on any atom is 0.416 e. The van der Waals surface area contributed by atoms with Gasteiger partial charge in [0.2, 0.25) is 0 Å². The Labute approximate surface area is 60.9 Å². The van der Waals surface area contributed by atoms with Crippen molar-refractivity contribution in [1.82, 2.24) is 4.98 Å². The summed E-state index contributed by atoms with van der Waals surface area (Å²) in [5.41, 5.74) is 0.494. The Bertz CT molecular complexity index is 283. The van der Waals surface area contributed by atoms with Gasteiger partial charge in [-0.3, -0.25) is 4.98 Å². The molecule has 0 spiro atoms. The molecule has 1 aromatic rings. The van der Waals surface area contributed by atoms with Crippen molar-refractivity contribution in [1.29, 1.82) is 0 Å². The van der Waals surface area contributed by atoms with Crippen LogP contribution in [0.1, 0.15) is 17.0 Å². The third-order valence-corrected chi connectivity index (χ3v) is 1.62. The minimum atomic E-state index is -4.22. The van der Waals surface area contributed by atoms with Gasteiger partial charge in [-0.05, 0) is 12.1 Å². The van der Waals surface area contributed by atoms with Crippen molar-refractivity contribution in [2.75, 3.05) is 0 Å². The molecule has 1 nitrogen and oxygen atoms in total. The van der Waals surface area contributed by atoms with Gasteiger partial charge in [-0.1, -0.05) is 0 Å². The Morgan fingerprint density at radius 2 is 1.64 bits per heavy atom. The van der Waals surface area contributed by atoms with E-state index in [4.69, 9.17) is 0 Å². The average molecular weight is 159 g/mol. The number of fused-ring (bicyclic) bond motifs is 2. The second-order valence-corrected chi connectivity index (χ2v) is 2.51. The van der Waals surface area contributed by atoms with Gasteiger partial charge in [0.05, 0.1) is 5.56 Å². The topological polar surface area (TPSA) is 12.9 Å². The van der Waals surface area contributed by atoms with Crippen molar-refractivity contribution in [3.05, 3.63) is 29.1 Å². The summed E-state index contributed by atoms with van der Waals surface area (Å²) in [7, 11) is 0. The average Bonchev–Trinajstić information content (AvgIpc) is 1.84. The molecule has 0 N–H and O–H groups in total. The Morgan fingerprint density at radius 3 is 1.91 bits per heavy atom. The molecule has 2 aliphatic rings. The number of alkyl halides is 3. The zero-order valence-electron chi connectivity index (χ0n) is 5.44. The zero-order chi connectivity index (χ0) is 8.06. The molecule has 0 aromatic carbocycles. The van der Waals surface area contributed by atoms with Crippen LogP contribution in [0, 0.1) is 0 Å². The number of pyridine rings is 1. The number of hydrogen-bond acceptors (Lipinski definition) is 1. The molecule has 1 aliphatic heterocycles. The van der Waals surface area contributed by atoms with Crippen LogP contribution < -0.4 is 0 Å². The smallest absolute Gasteiger partial charge is 0.257 e. The van der Waals surface area contributed by atoms with Crippen LogP contribution in [0.3, 0.4) is 0 Å². The second-order valence-electron chi connectivity index (χ2n) is 2.51. The molecule has 3 rings (SSSR count). The van der Waals surface area contributed by atoms with Gasteiger partial charge in [0.25, 0.3) is 0 Å². The van der Waals surface area contributed by atoms with Gasteiger partial charge in [-0.2, -0.15) is 13.2 Å². The van der Waals surface area contributed by atoms with Crippen molar-refractivity contribution in [3.63, 3.8) is 0 Å². The van der Waals surface area contributed by atoms with E-state index in [0.717, 1.165) is 12.1 Å². The Hall–Kier alpha value is -1.06. The summed E-state index contributed by atoms with van der Waals surface area (Å²) in [6.07, 6.45) is -3.62. The number of nitrogens with zero attached hydrogens (tertiary/aromatic N) is 1. The number of aromatic nitrogens is 1. The zero-order valence-corrected chi connectivity index (χ0v) is 5.44. The summed E-state index contributed by atoms with van der Waals surface area (Å²) in [4.78, 5) is 3.79. The summed E-state index contributed by atoms with van der Waals surface area (Å²) in [6.45, 7) is 0. The lowest BCUT2D eigenvalue weighted by Crippen LogP contribution is -2.14. The lowest BCUT2D eigenvalue weighted by atomic mass is 10.0. The molecular weight excluding hydrogens is 155 g/mol. The molecule has 2 heterocycles. The molecule has 2 bridgehead atoms. The van der Waals surface area contributed by atoms with Gasteiger partial charge in [0.1, 0.15) is 0 Å². The van der Waals surface area contributed by atoms with E-state index in [0.29, 0.717) is 17.8 Å². The molecule has 58 valence electrons. The predicted octanol–water partition coefficient (Wildman–Crippen LogP) is 2.00. The van der Waals surface area contributed by atoms with Crippen molar-refractivity contribution in [2.45, 2.75) is 12.6 Å². The molecular formula is C7H4F3N. The summed E-state index contributed by atoms with van der Waals surface area (Å²) in [6, 6.07) is 2.18. The Balaban J connectivity index is 2.44. The fourth-order valence-corrected chi connectivity index (χ4v) is 1.09. The van der Waals surface area contributed by atoms with E-state index >= 15 is 0 Å². The minimum Gasteiger partial charge on any atom is -0.257 e. The van der Waals surface area contributed by atoms with E-state index in [1.165, 1.54) is 0 Å². The van der Waals surface area contributed by atoms with Gasteiger partial charge < -0.3 is 0 Å². The van der Waals surface area contributed by atoms with Crippen LogP contribution in [-0.2, 0) is 12.6 Å². The first-order valence-electron chi connectivity index (χ1n) is 3.13. The fraction of sp³-hybridized carbons (Fsp3) is 0.286. The number of hydrogen-bond donors (Lipinski definition) is 0. The Kier molecular flexibility index (Phi) is 1.06. The van der Waals surface area contributed by atoms with Crippen molar-refractivity contribution in [3.8, 4) is 0 Å². The molecule has 0 saturated carbocycles. The van der Waals surface area contributed by atoms with Gasteiger partial charge in [-0.25, -0.2) is 0 Å². The van der Waals surface area contributed by atoms with E-state index in [1.807, 2.05) is 0 Å². The van der Waals surface area contributed by atoms with E-state index in [2.05, 4.69) is 4.98 Å². The quantitative estimate of drug-likeness (QED) is 0.572. The largest absolute Gasteiger partial charge is 0.416 e. The molecule has 0 saturated heterocycles. The first-order chi connectivity index (χ1) is 5.05. The molecule has 0 unspecified atom stereocenters. The monoisotopic (exact) mass is 159 g/mol. The maximum atomic E-state index is 12.0. The van der Waals surface area contributed by atoms with Gasteiger partial charge in [0.15, 0.2) is 0 Å². The first kappa shape index (κ1) is 6.64. The third kappa shape index (κ3) is 0.982. The molecule has 4 heteroatoms. The highest BCUT2D eigenvalue weighted by atomic mass is 19.4. The van der Waals surface area contributed by atoms with Crippen LogP contribution in [0.2, 0.25) is 0 Å². The van der Waals surface area contributed by atoms with Crippen LogP contribution in [0.5, 0.6) is 0 Å². The summed E-state index contributed by atoms with van der Waals surface area (Å²) >= 11 is 0. The van der Waals surface area contributed by atoms with Gasteiger partial charge >= 0.3 is 6.18 Å². The summed E-state index contributed by atoms with van der Waals surface area (Å²) < 4.78 is 35.9. The molecule has 1 aliphatic carbocycles. The summed E-state index contributed by atoms with van der Waals surface area (Å²) in [5.74, 6) is 0. The summed E-state index contributed by atoms with van der Waals surface area (Å²) in [5, 5.41) is 0. The van der Waals surface area contributed by atoms with E-state index in [-0.39, 0.29) is 0 Å². The third-order valence-electron chi connectivity index (χ3n) is 1.62. The normalized spacial score (nSPS) is 14.5. The first-order valence-corrected chi connectivity index (χ1v) is 3.13. The van der Waals surface area contributed by atoms with Crippen LogP contribution in [0.4, 0.5) is 13.2 Å². The van der Waals surface area contributed by atoms with Crippen LogP contribution >= 0.6 is 0 Å². The molecule has 0 radical (unpaired) electrons. The van der Waals surface area contributed by atoms with Gasteiger partial charge in [-0.15, -0.1) is 0 Å². The van der Waals surface area contributed by atoms with Crippen LogP contribution in [0.25, 0.3) is 0 Å². The molecule has 1 aromatic heterocycles. The molecule has 0 atom stereocenters. The SMILES string of the molecule is FC(F)(F)c1cc2nc(c1)C2. The van der Waals surface area contributed by atoms with Crippen molar-refractivity contribution >= 4 is 0 Å². The van der Waals surface area contributed by atoms with Gasteiger partial charge in [0, 0.05) is 17.8 Å². The number of rotatable bonds is 0.